The van der Waals surface area contributed by atoms with Gasteiger partial charge in [-0.25, -0.2) is 4.39 Å². The van der Waals surface area contributed by atoms with E-state index in [1.807, 2.05) is 6.07 Å². The molecule has 0 aliphatic carbocycles. The van der Waals surface area contributed by atoms with E-state index in [4.69, 9.17) is 0 Å². The minimum Gasteiger partial charge on any atom is -0.326 e. The number of nitriles is 1. The van der Waals surface area contributed by atoms with Crippen molar-refractivity contribution in [1.29, 1.82) is 5.26 Å². The molecule has 1 aromatic heterocycles. The number of thiophene rings is 1. The van der Waals surface area contributed by atoms with Gasteiger partial charge in [0.15, 0.2) is 0 Å². The van der Waals surface area contributed by atoms with Crippen LogP contribution in [-0.4, -0.2) is 11.8 Å². The second-order valence-electron chi connectivity index (χ2n) is 6.06. The number of carbonyl (C=O) groups is 2. The summed E-state index contributed by atoms with van der Waals surface area (Å²) in [7, 11) is 0. The number of carbonyl (C=O) groups excluding carboxylic acids is 2. The maximum Gasteiger partial charge on any atom is 0.266 e. The predicted molar refractivity (Wildman–Crippen MR) is 113 cm³/mol. The Kier molecular flexibility index (Phi) is 6.17. The van der Waals surface area contributed by atoms with Gasteiger partial charge >= 0.3 is 0 Å². The number of amides is 2. The van der Waals surface area contributed by atoms with Gasteiger partial charge < -0.3 is 10.6 Å². The van der Waals surface area contributed by atoms with Crippen molar-refractivity contribution in [2.45, 2.75) is 6.92 Å². The van der Waals surface area contributed by atoms with Gasteiger partial charge in [-0.1, -0.05) is 18.2 Å². The third-order valence-electron chi connectivity index (χ3n) is 3.88. The highest BCUT2D eigenvalue weighted by Crippen LogP contribution is 2.31. The van der Waals surface area contributed by atoms with Gasteiger partial charge in [0.05, 0.1) is 0 Å². The predicted octanol–water partition coefficient (Wildman–Crippen LogP) is 5.06. The first-order valence-corrected chi connectivity index (χ1v) is 9.43. The van der Waals surface area contributed by atoms with E-state index >= 15 is 0 Å². The number of halogens is 1. The quantitative estimate of drug-likeness (QED) is 0.460. The van der Waals surface area contributed by atoms with E-state index in [2.05, 4.69) is 10.6 Å². The highest BCUT2D eigenvalue weighted by Gasteiger charge is 2.12. The lowest BCUT2D eigenvalue weighted by Gasteiger charge is -2.06. The number of anilines is 2. The molecule has 0 saturated heterocycles. The first-order valence-electron chi connectivity index (χ1n) is 8.62. The molecule has 5 nitrogen and oxygen atoms in total. The molecule has 0 aliphatic heterocycles. The molecule has 0 unspecified atom stereocenters. The standard InChI is InChI=1S/C22H16FN3O2S/c1-14(27)25-16-6-8-17(9-7-16)26-22(28)15(13-24)12-18-10-11-21(29-18)19-4-2-3-5-20(19)23/h2-12H,1H3,(H,25,27)(H,26,28)/b15-12+. The van der Waals surface area contributed by atoms with Crippen molar-refractivity contribution in [1.82, 2.24) is 0 Å². The van der Waals surface area contributed by atoms with E-state index in [0.717, 1.165) is 0 Å². The molecular weight excluding hydrogens is 389 g/mol. The van der Waals surface area contributed by atoms with Crippen LogP contribution in [0.25, 0.3) is 16.5 Å². The third kappa shape index (κ3) is 5.15. The third-order valence-corrected chi connectivity index (χ3v) is 4.95. The molecule has 1 heterocycles. The molecule has 0 radical (unpaired) electrons. The first-order chi connectivity index (χ1) is 14.0. The van der Waals surface area contributed by atoms with Crippen LogP contribution in [0.5, 0.6) is 0 Å². The molecule has 3 aromatic rings. The number of benzene rings is 2. The van der Waals surface area contributed by atoms with Crippen molar-refractivity contribution in [2.24, 2.45) is 0 Å². The molecule has 2 N–H and O–H groups in total. The Balaban J connectivity index is 1.75. The molecule has 3 rings (SSSR count). The summed E-state index contributed by atoms with van der Waals surface area (Å²) in [5.41, 5.74) is 1.49. The van der Waals surface area contributed by atoms with Crippen molar-refractivity contribution in [3.8, 4) is 16.5 Å². The largest absolute Gasteiger partial charge is 0.326 e. The zero-order valence-corrected chi connectivity index (χ0v) is 16.2. The summed E-state index contributed by atoms with van der Waals surface area (Å²) >= 11 is 1.29. The highest BCUT2D eigenvalue weighted by atomic mass is 32.1. The normalized spacial score (nSPS) is 10.9. The van der Waals surface area contributed by atoms with Crippen LogP contribution in [0.4, 0.5) is 15.8 Å². The van der Waals surface area contributed by atoms with Crippen LogP contribution in [0.2, 0.25) is 0 Å². The SMILES string of the molecule is CC(=O)Nc1ccc(NC(=O)/C(C#N)=C/c2ccc(-c3ccccc3F)s2)cc1. The molecular formula is C22H16FN3O2S. The summed E-state index contributed by atoms with van der Waals surface area (Å²) < 4.78 is 13.9. The van der Waals surface area contributed by atoms with Crippen molar-refractivity contribution in [2.75, 3.05) is 10.6 Å². The molecule has 7 heteroatoms. The average Bonchev–Trinajstić information content (AvgIpc) is 3.16. The van der Waals surface area contributed by atoms with Crippen LogP contribution in [0.1, 0.15) is 11.8 Å². The summed E-state index contributed by atoms with van der Waals surface area (Å²) in [6.45, 7) is 1.40. The number of hydrogen-bond donors (Lipinski definition) is 2. The topological polar surface area (TPSA) is 82.0 Å². The minimum absolute atomic E-state index is 0.0714. The maximum absolute atomic E-state index is 13.9. The highest BCUT2D eigenvalue weighted by molar-refractivity contribution is 7.16. The Morgan fingerprint density at radius 3 is 2.28 bits per heavy atom. The van der Waals surface area contributed by atoms with Gasteiger partial charge in [0.2, 0.25) is 5.91 Å². The maximum atomic E-state index is 13.9. The van der Waals surface area contributed by atoms with Gasteiger partial charge in [0.25, 0.3) is 5.91 Å². The second-order valence-corrected chi connectivity index (χ2v) is 7.18. The molecule has 0 spiro atoms. The fourth-order valence-electron chi connectivity index (χ4n) is 2.57. The van der Waals surface area contributed by atoms with Crippen molar-refractivity contribution in [3.63, 3.8) is 0 Å². The van der Waals surface area contributed by atoms with Crippen molar-refractivity contribution < 1.29 is 14.0 Å². The van der Waals surface area contributed by atoms with Crippen LogP contribution >= 0.6 is 11.3 Å². The Hall–Kier alpha value is -3.76. The van der Waals surface area contributed by atoms with E-state index < -0.39 is 5.91 Å². The van der Waals surface area contributed by atoms with Gasteiger partial charge in [0.1, 0.15) is 17.5 Å². The number of rotatable bonds is 5. The molecule has 29 heavy (non-hydrogen) atoms. The lowest BCUT2D eigenvalue weighted by Crippen LogP contribution is -2.13. The van der Waals surface area contributed by atoms with Gasteiger partial charge in [-0.2, -0.15) is 5.26 Å². The van der Waals surface area contributed by atoms with Crippen LogP contribution in [0, 0.1) is 17.1 Å². The van der Waals surface area contributed by atoms with Crippen molar-refractivity contribution >= 4 is 40.6 Å². The van der Waals surface area contributed by atoms with E-state index in [0.29, 0.717) is 26.7 Å². The zero-order chi connectivity index (χ0) is 20.8. The van der Waals surface area contributed by atoms with Gasteiger partial charge in [-0.15, -0.1) is 11.3 Å². The Bertz CT molecular complexity index is 1130. The Labute approximate surface area is 171 Å². The number of nitrogens with one attached hydrogen (secondary N) is 2. The van der Waals surface area contributed by atoms with Crippen LogP contribution in [0.15, 0.2) is 66.2 Å². The molecule has 0 saturated carbocycles. The molecule has 0 bridgehead atoms. The Morgan fingerprint density at radius 1 is 1.00 bits per heavy atom. The van der Waals surface area contributed by atoms with E-state index in [1.165, 1.54) is 30.4 Å². The smallest absolute Gasteiger partial charge is 0.266 e. The Morgan fingerprint density at radius 2 is 1.66 bits per heavy atom. The lowest BCUT2D eigenvalue weighted by atomic mass is 10.2. The second kappa shape index (κ2) is 8.95. The minimum atomic E-state index is -0.555. The first kappa shape index (κ1) is 20.0. The summed E-state index contributed by atoms with van der Waals surface area (Å²) in [5.74, 6) is -1.08. The number of nitrogens with zero attached hydrogens (tertiary/aromatic N) is 1. The lowest BCUT2D eigenvalue weighted by molar-refractivity contribution is -0.114. The summed E-state index contributed by atoms with van der Waals surface area (Å²) in [4.78, 5) is 24.8. The monoisotopic (exact) mass is 405 g/mol. The fraction of sp³-hybridized carbons (Fsp3) is 0.0455. The van der Waals surface area contributed by atoms with Crippen LogP contribution in [0.3, 0.4) is 0 Å². The van der Waals surface area contributed by atoms with Crippen LogP contribution in [-0.2, 0) is 9.59 Å². The average molecular weight is 405 g/mol. The van der Waals surface area contributed by atoms with Gasteiger partial charge in [-0.05, 0) is 48.5 Å². The van der Waals surface area contributed by atoms with Crippen molar-refractivity contribution in [3.05, 3.63) is 76.9 Å². The fourth-order valence-corrected chi connectivity index (χ4v) is 3.54. The summed E-state index contributed by atoms with van der Waals surface area (Å²) in [6, 6.07) is 18.4. The molecule has 0 aliphatic rings. The van der Waals surface area contributed by atoms with E-state index in [9.17, 15) is 19.2 Å². The van der Waals surface area contributed by atoms with Gasteiger partial charge in [-0.3, -0.25) is 9.59 Å². The van der Waals surface area contributed by atoms with Gasteiger partial charge in [0, 0.05) is 33.6 Å². The van der Waals surface area contributed by atoms with Crippen LogP contribution < -0.4 is 10.6 Å². The summed E-state index contributed by atoms with van der Waals surface area (Å²) in [6.07, 6.45) is 1.47. The molecule has 0 fully saturated rings. The summed E-state index contributed by atoms with van der Waals surface area (Å²) in [5, 5.41) is 14.6. The molecule has 0 atom stereocenters. The van der Waals surface area contributed by atoms with E-state index in [-0.39, 0.29) is 17.3 Å². The molecule has 2 amide bonds. The number of hydrogen-bond acceptors (Lipinski definition) is 4. The molecule has 144 valence electrons. The van der Waals surface area contributed by atoms with E-state index in [1.54, 1.807) is 54.6 Å². The zero-order valence-electron chi connectivity index (χ0n) is 15.4. The molecule has 2 aromatic carbocycles.